The topological polar surface area (TPSA) is 84.7 Å². The lowest BCUT2D eigenvalue weighted by Gasteiger charge is -2.14. The zero-order valence-electron chi connectivity index (χ0n) is 16.7. The highest BCUT2D eigenvalue weighted by molar-refractivity contribution is 5.94. The van der Waals surface area contributed by atoms with Crippen LogP contribution < -0.4 is 20.5 Å². The van der Waals surface area contributed by atoms with Crippen molar-refractivity contribution in [3.63, 3.8) is 0 Å². The van der Waals surface area contributed by atoms with Gasteiger partial charge in [-0.15, -0.1) is 0 Å². The maximum atomic E-state index is 6.11. The molecule has 0 aliphatic rings. The Morgan fingerprint density at radius 1 is 1.14 bits per heavy atom. The molecule has 148 valence electrons. The molecule has 0 radical (unpaired) electrons. The van der Waals surface area contributed by atoms with Crippen LogP contribution in [0, 0.1) is 6.92 Å². The number of anilines is 1. The predicted octanol–water partition coefficient (Wildman–Crippen LogP) is 4.24. The van der Waals surface area contributed by atoms with Crippen LogP contribution in [0.3, 0.4) is 0 Å². The first-order valence-electron chi connectivity index (χ1n) is 9.64. The summed E-state index contributed by atoms with van der Waals surface area (Å²) in [5.74, 6) is 1.83. The molecule has 1 aromatic heterocycles. The fraction of sp³-hybridized carbons (Fsp3) is 0.318. The minimum Gasteiger partial charge on any atom is -0.494 e. The van der Waals surface area contributed by atoms with Crippen LogP contribution in [0.4, 0.5) is 5.69 Å². The summed E-state index contributed by atoms with van der Waals surface area (Å²) in [4.78, 5) is 7.80. The number of aromatic nitrogens is 1. The Morgan fingerprint density at radius 2 is 1.96 bits per heavy atom. The Hall–Kier alpha value is -3.15. The molecule has 0 spiro atoms. The van der Waals surface area contributed by atoms with Crippen LogP contribution in [-0.2, 0) is 6.42 Å². The summed E-state index contributed by atoms with van der Waals surface area (Å²) in [6.07, 6.45) is 2.86. The highest BCUT2D eigenvalue weighted by Gasteiger charge is 2.08. The van der Waals surface area contributed by atoms with Crippen molar-refractivity contribution < 1.29 is 9.47 Å². The van der Waals surface area contributed by atoms with E-state index in [1.165, 1.54) is 16.5 Å². The fourth-order valence-electron chi connectivity index (χ4n) is 3.27. The third-order valence-corrected chi connectivity index (χ3v) is 4.48. The summed E-state index contributed by atoms with van der Waals surface area (Å²) < 4.78 is 11.2. The van der Waals surface area contributed by atoms with E-state index in [2.05, 4.69) is 46.6 Å². The van der Waals surface area contributed by atoms with Gasteiger partial charge < -0.3 is 25.5 Å². The number of aromatic amines is 1. The van der Waals surface area contributed by atoms with Crippen molar-refractivity contribution in [2.45, 2.75) is 27.2 Å². The van der Waals surface area contributed by atoms with E-state index in [9.17, 15) is 0 Å². The van der Waals surface area contributed by atoms with Crippen LogP contribution in [0.5, 0.6) is 11.5 Å². The summed E-state index contributed by atoms with van der Waals surface area (Å²) >= 11 is 0. The Balaban J connectivity index is 1.69. The van der Waals surface area contributed by atoms with Crippen molar-refractivity contribution in [1.82, 2.24) is 4.98 Å². The molecule has 3 aromatic rings. The lowest BCUT2D eigenvalue weighted by molar-refractivity contribution is 0.332. The van der Waals surface area contributed by atoms with Gasteiger partial charge in [0.2, 0.25) is 0 Å². The van der Waals surface area contributed by atoms with Crippen LogP contribution >= 0.6 is 0 Å². The third kappa shape index (κ3) is 4.57. The van der Waals surface area contributed by atoms with Gasteiger partial charge in [-0.2, -0.15) is 0 Å². The van der Waals surface area contributed by atoms with Gasteiger partial charge in [-0.25, -0.2) is 0 Å². The number of ether oxygens (including phenoxy) is 2. The molecule has 0 aliphatic heterocycles. The van der Waals surface area contributed by atoms with E-state index in [0.717, 1.165) is 29.1 Å². The molecule has 2 aromatic carbocycles. The van der Waals surface area contributed by atoms with Gasteiger partial charge in [-0.3, -0.25) is 4.99 Å². The Bertz CT molecular complexity index is 962. The molecule has 28 heavy (non-hydrogen) atoms. The number of aliphatic imine (C=N–C) groups is 1. The number of hydrogen-bond donors (Lipinski definition) is 3. The molecule has 0 aliphatic carbocycles. The van der Waals surface area contributed by atoms with Crippen LogP contribution in [0.15, 0.2) is 47.6 Å². The molecular weight excluding hydrogens is 352 g/mol. The Morgan fingerprint density at radius 3 is 2.75 bits per heavy atom. The number of benzene rings is 2. The maximum absolute atomic E-state index is 6.11. The van der Waals surface area contributed by atoms with Crippen molar-refractivity contribution >= 4 is 22.5 Å². The van der Waals surface area contributed by atoms with Crippen molar-refractivity contribution in [3.8, 4) is 11.5 Å². The number of nitrogens with one attached hydrogen (secondary N) is 2. The molecule has 0 saturated carbocycles. The van der Waals surface area contributed by atoms with Crippen molar-refractivity contribution in [2.75, 3.05) is 25.1 Å². The summed E-state index contributed by atoms with van der Waals surface area (Å²) in [6.45, 7) is 7.78. The fourth-order valence-corrected chi connectivity index (χ4v) is 3.27. The first kappa shape index (κ1) is 19.6. The molecule has 4 N–H and O–H groups in total. The zero-order valence-corrected chi connectivity index (χ0v) is 16.7. The summed E-state index contributed by atoms with van der Waals surface area (Å²) in [6, 6.07) is 11.9. The smallest absolute Gasteiger partial charge is 0.193 e. The highest BCUT2D eigenvalue weighted by atomic mass is 16.5. The highest BCUT2D eigenvalue weighted by Crippen LogP contribution is 2.29. The van der Waals surface area contributed by atoms with E-state index in [1.807, 2.05) is 32.0 Å². The molecule has 0 fully saturated rings. The first-order chi connectivity index (χ1) is 13.6. The largest absolute Gasteiger partial charge is 0.494 e. The van der Waals surface area contributed by atoms with Crippen LogP contribution in [-0.4, -0.2) is 30.7 Å². The molecule has 3 rings (SSSR count). The average molecular weight is 380 g/mol. The van der Waals surface area contributed by atoms with Gasteiger partial charge in [-0.1, -0.05) is 12.1 Å². The minimum absolute atomic E-state index is 0.353. The first-order valence-corrected chi connectivity index (χ1v) is 9.64. The number of hydrogen-bond acceptors (Lipinski definition) is 3. The minimum atomic E-state index is 0.353. The Labute approximate surface area is 165 Å². The summed E-state index contributed by atoms with van der Waals surface area (Å²) in [5.41, 5.74) is 10.5. The lowest BCUT2D eigenvalue weighted by Crippen LogP contribution is -2.23. The standard InChI is InChI=1S/C22H28N4O2/c1-4-27-17-9-10-20(28-5-2)19(13-17)26-22(23)24-12-11-16-14-25-18-8-6-7-15(3)21(16)18/h6-10,13-14,25H,4-5,11-12H2,1-3H3,(H3,23,24,26). The quantitative estimate of drug-likeness (QED) is 0.403. The zero-order chi connectivity index (χ0) is 19.9. The van der Waals surface area contributed by atoms with E-state index < -0.39 is 0 Å². The molecule has 0 unspecified atom stereocenters. The van der Waals surface area contributed by atoms with Crippen LogP contribution in [0.25, 0.3) is 10.9 Å². The maximum Gasteiger partial charge on any atom is 0.193 e. The number of H-pyrrole nitrogens is 1. The summed E-state index contributed by atoms with van der Waals surface area (Å²) in [5, 5.41) is 4.41. The Kier molecular flexibility index (Phi) is 6.42. The lowest BCUT2D eigenvalue weighted by atomic mass is 10.1. The van der Waals surface area contributed by atoms with Crippen molar-refractivity contribution in [1.29, 1.82) is 0 Å². The molecule has 1 heterocycles. The van der Waals surface area contributed by atoms with E-state index in [4.69, 9.17) is 15.2 Å². The second kappa shape index (κ2) is 9.17. The molecule has 0 saturated heterocycles. The van der Waals surface area contributed by atoms with E-state index in [0.29, 0.717) is 25.7 Å². The number of nitrogens with zero attached hydrogens (tertiary/aromatic N) is 1. The van der Waals surface area contributed by atoms with Gasteiger partial charge in [0, 0.05) is 29.7 Å². The second-order valence-electron chi connectivity index (χ2n) is 6.48. The van der Waals surface area contributed by atoms with Gasteiger partial charge in [0.15, 0.2) is 5.96 Å². The molecule has 0 bridgehead atoms. The normalized spacial score (nSPS) is 11.6. The summed E-state index contributed by atoms with van der Waals surface area (Å²) in [7, 11) is 0. The molecule has 0 atom stereocenters. The molecule has 0 amide bonds. The third-order valence-electron chi connectivity index (χ3n) is 4.48. The number of guanidine groups is 1. The predicted molar refractivity (Wildman–Crippen MR) is 116 cm³/mol. The van der Waals surface area contributed by atoms with E-state index >= 15 is 0 Å². The monoisotopic (exact) mass is 380 g/mol. The number of rotatable bonds is 8. The van der Waals surface area contributed by atoms with Gasteiger partial charge >= 0.3 is 0 Å². The van der Waals surface area contributed by atoms with Crippen LogP contribution in [0.2, 0.25) is 0 Å². The number of nitrogens with two attached hydrogens (primary N) is 1. The van der Waals surface area contributed by atoms with Crippen LogP contribution in [0.1, 0.15) is 25.0 Å². The molecular formula is C22H28N4O2. The van der Waals surface area contributed by atoms with Gasteiger partial charge in [0.1, 0.15) is 11.5 Å². The van der Waals surface area contributed by atoms with Gasteiger partial charge in [0.05, 0.1) is 18.9 Å². The molecule has 6 nitrogen and oxygen atoms in total. The molecule has 6 heteroatoms. The van der Waals surface area contributed by atoms with E-state index in [1.54, 1.807) is 0 Å². The van der Waals surface area contributed by atoms with Gasteiger partial charge in [0.25, 0.3) is 0 Å². The SMILES string of the molecule is CCOc1ccc(OCC)c(NC(N)=NCCc2c[nH]c3cccc(C)c23)c1. The van der Waals surface area contributed by atoms with Crippen molar-refractivity contribution in [2.24, 2.45) is 10.7 Å². The van der Waals surface area contributed by atoms with Gasteiger partial charge in [-0.05, 0) is 56.5 Å². The number of aryl methyl sites for hydroxylation is 1. The van der Waals surface area contributed by atoms with E-state index in [-0.39, 0.29) is 0 Å². The average Bonchev–Trinajstić information content (AvgIpc) is 3.09. The van der Waals surface area contributed by atoms with Crippen molar-refractivity contribution in [3.05, 3.63) is 53.7 Å². The number of fused-ring (bicyclic) bond motifs is 1. The second-order valence-corrected chi connectivity index (χ2v) is 6.48.